The van der Waals surface area contributed by atoms with Crippen molar-refractivity contribution in [2.75, 3.05) is 33.7 Å². The zero-order chi connectivity index (χ0) is 16.9. The number of benzene rings is 1. The molecule has 1 aliphatic rings. The first-order valence-electron chi connectivity index (χ1n) is 8.33. The van der Waals surface area contributed by atoms with Crippen LogP contribution in [0.3, 0.4) is 0 Å². The van der Waals surface area contributed by atoms with Crippen molar-refractivity contribution in [1.29, 1.82) is 0 Å². The Balaban J connectivity index is 0.00000288. The van der Waals surface area contributed by atoms with Crippen molar-refractivity contribution < 1.29 is 4.39 Å². The van der Waals surface area contributed by atoms with Crippen LogP contribution in [0.4, 0.5) is 4.39 Å². The van der Waals surface area contributed by atoms with Gasteiger partial charge in [-0.05, 0) is 44.1 Å². The Bertz CT molecular complexity index is 548. The molecular weight excluding hydrogens is 418 g/mol. The molecule has 1 aromatic rings. The van der Waals surface area contributed by atoms with Crippen molar-refractivity contribution in [3.63, 3.8) is 0 Å². The normalized spacial score (nSPS) is 19.0. The van der Waals surface area contributed by atoms with E-state index < -0.39 is 0 Å². The zero-order valence-electron chi connectivity index (χ0n) is 15.1. The lowest BCUT2D eigenvalue weighted by atomic mass is 9.84. The van der Waals surface area contributed by atoms with Gasteiger partial charge in [-0.2, -0.15) is 0 Å². The van der Waals surface area contributed by atoms with E-state index in [1.807, 2.05) is 6.07 Å². The third-order valence-corrected chi connectivity index (χ3v) is 4.70. The number of nitrogens with one attached hydrogen (secondary N) is 2. The number of aliphatic imine (C=N–C) groups is 1. The molecule has 1 saturated heterocycles. The minimum absolute atomic E-state index is 0. The Labute approximate surface area is 162 Å². The van der Waals surface area contributed by atoms with Gasteiger partial charge in [0.2, 0.25) is 0 Å². The maximum Gasteiger partial charge on any atom is 0.191 e. The van der Waals surface area contributed by atoms with Crippen molar-refractivity contribution in [1.82, 2.24) is 15.5 Å². The minimum atomic E-state index is -0.192. The maximum atomic E-state index is 13.4. The molecule has 24 heavy (non-hydrogen) atoms. The highest BCUT2D eigenvalue weighted by molar-refractivity contribution is 14.0. The quantitative estimate of drug-likeness (QED) is 0.414. The van der Waals surface area contributed by atoms with Crippen molar-refractivity contribution in [2.24, 2.45) is 4.99 Å². The van der Waals surface area contributed by atoms with E-state index in [0.717, 1.165) is 18.1 Å². The SMILES string of the molecule is CN=C(NCC1CCCN1C)NCC(C)(C)c1cccc(F)c1.I. The van der Waals surface area contributed by atoms with Crippen LogP contribution in [0, 0.1) is 5.82 Å². The lowest BCUT2D eigenvalue weighted by molar-refractivity contribution is 0.309. The molecule has 0 radical (unpaired) electrons. The van der Waals surface area contributed by atoms with Gasteiger partial charge in [0.1, 0.15) is 5.82 Å². The van der Waals surface area contributed by atoms with E-state index in [0.29, 0.717) is 12.6 Å². The largest absolute Gasteiger partial charge is 0.356 e. The molecule has 1 aromatic carbocycles. The molecule has 1 unspecified atom stereocenters. The molecule has 0 aromatic heterocycles. The van der Waals surface area contributed by atoms with Crippen LogP contribution in [-0.4, -0.2) is 50.6 Å². The first-order chi connectivity index (χ1) is 10.9. The number of rotatable bonds is 5. The summed E-state index contributed by atoms with van der Waals surface area (Å²) in [5.74, 6) is 0.608. The molecule has 1 fully saturated rings. The predicted octanol–water partition coefficient (Wildman–Crippen LogP) is 2.98. The van der Waals surface area contributed by atoms with Crippen LogP contribution in [0.2, 0.25) is 0 Å². The third-order valence-electron chi connectivity index (χ3n) is 4.70. The third kappa shape index (κ3) is 5.88. The second kappa shape index (κ2) is 9.56. The lowest BCUT2D eigenvalue weighted by Gasteiger charge is -2.27. The summed E-state index contributed by atoms with van der Waals surface area (Å²) < 4.78 is 13.4. The van der Waals surface area contributed by atoms with E-state index in [2.05, 4.69) is 41.4 Å². The Morgan fingerprint density at radius 3 is 2.71 bits per heavy atom. The van der Waals surface area contributed by atoms with Gasteiger partial charge >= 0.3 is 0 Å². The molecular formula is C18H30FIN4. The average molecular weight is 448 g/mol. The number of nitrogens with zero attached hydrogens (tertiary/aromatic N) is 2. The summed E-state index contributed by atoms with van der Waals surface area (Å²) in [6.45, 7) is 6.97. The first kappa shape index (κ1) is 21.2. The van der Waals surface area contributed by atoms with Crippen LogP contribution in [0.15, 0.2) is 29.3 Å². The summed E-state index contributed by atoms with van der Waals surface area (Å²) in [6, 6.07) is 7.38. The fraction of sp³-hybridized carbons (Fsp3) is 0.611. The summed E-state index contributed by atoms with van der Waals surface area (Å²) >= 11 is 0. The summed E-state index contributed by atoms with van der Waals surface area (Å²) in [5, 5.41) is 6.76. The molecule has 0 spiro atoms. The van der Waals surface area contributed by atoms with Gasteiger partial charge in [-0.3, -0.25) is 4.99 Å². The fourth-order valence-corrected chi connectivity index (χ4v) is 2.99. The van der Waals surface area contributed by atoms with Gasteiger partial charge in [0.25, 0.3) is 0 Å². The fourth-order valence-electron chi connectivity index (χ4n) is 2.99. The van der Waals surface area contributed by atoms with Crippen molar-refractivity contribution >= 4 is 29.9 Å². The van der Waals surface area contributed by atoms with E-state index in [-0.39, 0.29) is 35.2 Å². The van der Waals surface area contributed by atoms with Crippen LogP contribution in [0.25, 0.3) is 0 Å². The van der Waals surface area contributed by atoms with Crippen LogP contribution in [0.1, 0.15) is 32.3 Å². The number of guanidine groups is 1. The highest BCUT2D eigenvalue weighted by Gasteiger charge is 2.23. The van der Waals surface area contributed by atoms with E-state index in [1.54, 1.807) is 19.2 Å². The summed E-state index contributed by atoms with van der Waals surface area (Å²) in [5.41, 5.74) is 0.806. The number of halogens is 2. The van der Waals surface area contributed by atoms with Crippen LogP contribution < -0.4 is 10.6 Å². The molecule has 2 N–H and O–H groups in total. The minimum Gasteiger partial charge on any atom is -0.356 e. The number of hydrogen-bond acceptors (Lipinski definition) is 2. The maximum absolute atomic E-state index is 13.4. The summed E-state index contributed by atoms with van der Waals surface area (Å²) in [7, 11) is 3.95. The van der Waals surface area contributed by atoms with Crippen LogP contribution in [0.5, 0.6) is 0 Å². The number of likely N-dealkylation sites (tertiary alicyclic amines) is 1. The van der Waals surface area contributed by atoms with Crippen LogP contribution in [-0.2, 0) is 5.41 Å². The Kier molecular flexibility index (Phi) is 8.42. The average Bonchev–Trinajstić information content (AvgIpc) is 2.93. The first-order valence-corrected chi connectivity index (χ1v) is 8.33. The van der Waals surface area contributed by atoms with Gasteiger partial charge in [0.05, 0.1) is 0 Å². The molecule has 1 aliphatic heterocycles. The van der Waals surface area contributed by atoms with Crippen molar-refractivity contribution in [3.8, 4) is 0 Å². The molecule has 2 rings (SSSR count). The molecule has 1 heterocycles. The molecule has 6 heteroatoms. The lowest BCUT2D eigenvalue weighted by Crippen LogP contribution is -2.47. The predicted molar refractivity (Wildman–Crippen MR) is 110 cm³/mol. The molecule has 136 valence electrons. The Morgan fingerprint density at radius 1 is 1.38 bits per heavy atom. The molecule has 0 saturated carbocycles. The van der Waals surface area contributed by atoms with Gasteiger partial charge in [-0.15, -0.1) is 24.0 Å². The molecule has 1 atom stereocenters. The Hall–Kier alpha value is -0.890. The number of likely N-dealkylation sites (N-methyl/N-ethyl adjacent to an activating group) is 1. The van der Waals surface area contributed by atoms with E-state index in [9.17, 15) is 4.39 Å². The van der Waals surface area contributed by atoms with Crippen molar-refractivity contribution in [3.05, 3.63) is 35.6 Å². The van der Waals surface area contributed by atoms with E-state index >= 15 is 0 Å². The smallest absolute Gasteiger partial charge is 0.191 e. The van der Waals surface area contributed by atoms with Crippen molar-refractivity contribution in [2.45, 2.75) is 38.1 Å². The van der Waals surface area contributed by atoms with Gasteiger partial charge < -0.3 is 15.5 Å². The number of hydrogen-bond donors (Lipinski definition) is 2. The molecule has 0 bridgehead atoms. The standard InChI is InChI=1S/C18H29FN4.HI/c1-18(2,14-7-5-8-15(19)11-14)13-22-17(20-3)21-12-16-9-6-10-23(16)4;/h5,7-8,11,16H,6,9-10,12-13H2,1-4H3,(H2,20,21,22);1H. The van der Waals surface area contributed by atoms with Gasteiger partial charge in [0, 0.05) is 31.6 Å². The van der Waals surface area contributed by atoms with E-state index in [4.69, 9.17) is 0 Å². The highest BCUT2D eigenvalue weighted by Crippen LogP contribution is 2.22. The molecule has 0 amide bonds. The summed E-state index contributed by atoms with van der Waals surface area (Å²) in [6.07, 6.45) is 2.50. The second-order valence-corrected chi connectivity index (χ2v) is 6.98. The van der Waals surface area contributed by atoms with Gasteiger partial charge in [0.15, 0.2) is 5.96 Å². The highest BCUT2D eigenvalue weighted by atomic mass is 127. The van der Waals surface area contributed by atoms with Gasteiger partial charge in [-0.1, -0.05) is 26.0 Å². The summed E-state index contributed by atoms with van der Waals surface area (Å²) in [4.78, 5) is 6.68. The monoisotopic (exact) mass is 448 g/mol. The van der Waals surface area contributed by atoms with Gasteiger partial charge in [-0.25, -0.2) is 4.39 Å². The Morgan fingerprint density at radius 2 is 2.12 bits per heavy atom. The van der Waals surface area contributed by atoms with Crippen LogP contribution >= 0.6 is 24.0 Å². The zero-order valence-corrected chi connectivity index (χ0v) is 17.4. The molecule has 4 nitrogen and oxygen atoms in total. The topological polar surface area (TPSA) is 39.7 Å². The second-order valence-electron chi connectivity index (χ2n) is 6.98. The molecule has 0 aliphatic carbocycles. The van der Waals surface area contributed by atoms with E-state index in [1.165, 1.54) is 25.5 Å².